The van der Waals surface area contributed by atoms with Gasteiger partial charge in [0.05, 0.1) is 16.5 Å². The second kappa shape index (κ2) is 7.39. The van der Waals surface area contributed by atoms with Gasteiger partial charge in [0.2, 0.25) is 10.0 Å². The molecule has 0 aliphatic heterocycles. The first-order chi connectivity index (χ1) is 9.41. The zero-order chi connectivity index (χ0) is 15.2. The van der Waals surface area contributed by atoms with Crippen molar-refractivity contribution in [3.8, 4) is 6.07 Å². The zero-order valence-corrected chi connectivity index (χ0v) is 13.0. The standard InChI is InChI=1S/C14H21N3O2S/c1-4-8-17(10-9-16(2)3)20(18,19)14-7-5-6-13(11-14)12-15/h5-7,11H,4,8-10H2,1-3H3. The fourth-order valence-electron chi connectivity index (χ4n) is 1.79. The molecule has 0 saturated heterocycles. The van der Waals surface area contributed by atoms with Crippen molar-refractivity contribution in [3.05, 3.63) is 29.8 Å². The predicted molar refractivity (Wildman–Crippen MR) is 78.8 cm³/mol. The lowest BCUT2D eigenvalue weighted by Crippen LogP contribution is -2.37. The molecule has 0 unspecified atom stereocenters. The van der Waals surface area contributed by atoms with Crippen molar-refractivity contribution in [2.24, 2.45) is 0 Å². The van der Waals surface area contributed by atoms with Gasteiger partial charge in [0.15, 0.2) is 0 Å². The largest absolute Gasteiger partial charge is 0.308 e. The lowest BCUT2D eigenvalue weighted by Gasteiger charge is -2.23. The Hall–Kier alpha value is -1.42. The van der Waals surface area contributed by atoms with Crippen molar-refractivity contribution in [2.75, 3.05) is 33.7 Å². The van der Waals surface area contributed by atoms with Gasteiger partial charge < -0.3 is 4.90 Å². The summed E-state index contributed by atoms with van der Waals surface area (Å²) in [5, 5.41) is 8.88. The Balaban J connectivity index is 3.05. The van der Waals surface area contributed by atoms with Crippen molar-refractivity contribution in [3.63, 3.8) is 0 Å². The maximum Gasteiger partial charge on any atom is 0.243 e. The minimum absolute atomic E-state index is 0.184. The number of sulfonamides is 1. The van der Waals surface area contributed by atoms with Crippen molar-refractivity contribution in [1.82, 2.24) is 9.21 Å². The molecule has 1 aromatic rings. The maximum absolute atomic E-state index is 12.6. The van der Waals surface area contributed by atoms with Crippen LogP contribution < -0.4 is 0 Å². The Bertz CT molecular complexity index is 576. The van der Waals surface area contributed by atoms with E-state index >= 15 is 0 Å². The molecular weight excluding hydrogens is 274 g/mol. The first kappa shape index (κ1) is 16.6. The van der Waals surface area contributed by atoms with E-state index in [-0.39, 0.29) is 4.90 Å². The molecule has 0 aliphatic carbocycles. The number of hydrogen-bond acceptors (Lipinski definition) is 4. The second-order valence-corrected chi connectivity index (χ2v) is 6.78. The number of hydrogen-bond donors (Lipinski definition) is 0. The van der Waals surface area contributed by atoms with E-state index in [1.807, 2.05) is 32.0 Å². The highest BCUT2D eigenvalue weighted by molar-refractivity contribution is 7.89. The topological polar surface area (TPSA) is 64.4 Å². The molecule has 20 heavy (non-hydrogen) atoms. The molecule has 0 fully saturated rings. The summed E-state index contributed by atoms with van der Waals surface area (Å²) in [6.45, 7) is 3.54. The predicted octanol–water partition coefficient (Wildman–Crippen LogP) is 1.52. The van der Waals surface area contributed by atoms with Crippen LogP contribution in [-0.4, -0.2) is 51.4 Å². The molecular formula is C14H21N3O2S. The van der Waals surface area contributed by atoms with Gasteiger partial charge in [-0.1, -0.05) is 13.0 Å². The van der Waals surface area contributed by atoms with E-state index in [0.29, 0.717) is 25.2 Å². The van der Waals surface area contributed by atoms with Gasteiger partial charge >= 0.3 is 0 Å². The summed E-state index contributed by atoms with van der Waals surface area (Å²) in [7, 11) is 0.284. The van der Waals surface area contributed by atoms with Gasteiger partial charge in [-0.15, -0.1) is 0 Å². The van der Waals surface area contributed by atoms with Crippen LogP contribution in [0.25, 0.3) is 0 Å². The van der Waals surface area contributed by atoms with E-state index < -0.39 is 10.0 Å². The molecule has 1 rings (SSSR count). The average molecular weight is 295 g/mol. The van der Waals surface area contributed by atoms with E-state index in [0.717, 1.165) is 6.42 Å². The molecule has 0 aliphatic rings. The number of rotatable bonds is 7. The van der Waals surface area contributed by atoms with Gasteiger partial charge in [-0.25, -0.2) is 8.42 Å². The van der Waals surface area contributed by atoms with E-state index in [9.17, 15) is 8.42 Å². The summed E-state index contributed by atoms with van der Waals surface area (Å²) in [4.78, 5) is 2.13. The summed E-state index contributed by atoms with van der Waals surface area (Å²) < 4.78 is 26.7. The Labute approximate surface area is 121 Å². The van der Waals surface area contributed by atoms with E-state index in [4.69, 9.17) is 5.26 Å². The van der Waals surface area contributed by atoms with E-state index in [2.05, 4.69) is 0 Å². The normalized spacial score (nSPS) is 11.8. The van der Waals surface area contributed by atoms with E-state index in [1.54, 1.807) is 12.1 Å². The molecule has 0 heterocycles. The highest BCUT2D eigenvalue weighted by Crippen LogP contribution is 2.17. The lowest BCUT2D eigenvalue weighted by atomic mass is 10.2. The van der Waals surface area contributed by atoms with Crippen molar-refractivity contribution in [2.45, 2.75) is 18.2 Å². The highest BCUT2D eigenvalue weighted by atomic mass is 32.2. The third-order valence-electron chi connectivity index (χ3n) is 2.87. The third kappa shape index (κ3) is 4.30. The zero-order valence-electron chi connectivity index (χ0n) is 12.2. The molecule has 6 heteroatoms. The van der Waals surface area contributed by atoms with Crippen LogP contribution in [0.5, 0.6) is 0 Å². The van der Waals surface area contributed by atoms with Crippen molar-refractivity contribution >= 4 is 10.0 Å². The monoisotopic (exact) mass is 295 g/mol. The Morgan fingerprint density at radius 1 is 1.20 bits per heavy atom. The number of nitrogens with zero attached hydrogens (tertiary/aromatic N) is 3. The van der Waals surface area contributed by atoms with Crippen LogP contribution in [0.4, 0.5) is 0 Å². The molecule has 1 aromatic carbocycles. The van der Waals surface area contributed by atoms with Crippen LogP contribution in [0.2, 0.25) is 0 Å². The second-order valence-electron chi connectivity index (χ2n) is 4.85. The number of likely N-dealkylation sites (N-methyl/N-ethyl adjacent to an activating group) is 1. The quantitative estimate of drug-likeness (QED) is 0.765. The van der Waals surface area contributed by atoms with Gasteiger partial charge in [0.1, 0.15) is 0 Å². The molecule has 0 amide bonds. The van der Waals surface area contributed by atoms with Gasteiger partial charge in [-0.2, -0.15) is 9.57 Å². The first-order valence-electron chi connectivity index (χ1n) is 6.57. The van der Waals surface area contributed by atoms with E-state index in [1.165, 1.54) is 16.4 Å². The molecule has 0 spiro atoms. The molecule has 0 aromatic heterocycles. The summed E-state index contributed by atoms with van der Waals surface area (Å²) in [5.74, 6) is 0. The smallest absolute Gasteiger partial charge is 0.243 e. The number of nitriles is 1. The molecule has 0 atom stereocenters. The minimum Gasteiger partial charge on any atom is -0.308 e. The molecule has 5 nitrogen and oxygen atoms in total. The van der Waals surface area contributed by atoms with Crippen LogP contribution in [0.15, 0.2) is 29.2 Å². The minimum atomic E-state index is -3.54. The molecule has 110 valence electrons. The molecule has 0 radical (unpaired) electrons. The average Bonchev–Trinajstić information content (AvgIpc) is 2.43. The molecule has 0 bridgehead atoms. The number of benzene rings is 1. The highest BCUT2D eigenvalue weighted by Gasteiger charge is 2.23. The van der Waals surface area contributed by atoms with Gasteiger partial charge in [-0.05, 0) is 38.7 Å². The van der Waals surface area contributed by atoms with Crippen LogP contribution in [0, 0.1) is 11.3 Å². The maximum atomic E-state index is 12.6. The SMILES string of the molecule is CCCN(CCN(C)C)S(=O)(=O)c1cccc(C#N)c1. The van der Waals surface area contributed by atoms with Crippen molar-refractivity contribution < 1.29 is 8.42 Å². The fourth-order valence-corrected chi connectivity index (χ4v) is 3.36. The summed E-state index contributed by atoms with van der Waals surface area (Å²) in [6.07, 6.45) is 0.755. The Kier molecular flexibility index (Phi) is 6.14. The Morgan fingerprint density at radius 3 is 2.45 bits per heavy atom. The lowest BCUT2D eigenvalue weighted by molar-refractivity contribution is 0.333. The van der Waals surface area contributed by atoms with Crippen molar-refractivity contribution in [1.29, 1.82) is 5.26 Å². The van der Waals surface area contributed by atoms with Gasteiger partial charge in [0.25, 0.3) is 0 Å². The third-order valence-corrected chi connectivity index (χ3v) is 4.77. The van der Waals surface area contributed by atoms with Crippen LogP contribution in [-0.2, 0) is 10.0 Å². The first-order valence-corrected chi connectivity index (χ1v) is 8.01. The molecule has 0 saturated carbocycles. The van der Waals surface area contributed by atoms with Crippen LogP contribution in [0.3, 0.4) is 0 Å². The van der Waals surface area contributed by atoms with Crippen LogP contribution in [0.1, 0.15) is 18.9 Å². The summed E-state index contributed by atoms with van der Waals surface area (Å²) >= 11 is 0. The molecule has 0 N–H and O–H groups in total. The van der Waals surface area contributed by atoms with Crippen LogP contribution >= 0.6 is 0 Å². The van der Waals surface area contributed by atoms with Gasteiger partial charge in [-0.3, -0.25) is 0 Å². The summed E-state index contributed by atoms with van der Waals surface area (Å²) in [6, 6.07) is 8.13. The van der Waals surface area contributed by atoms with Gasteiger partial charge in [0, 0.05) is 19.6 Å². The summed E-state index contributed by atoms with van der Waals surface area (Å²) in [5.41, 5.74) is 0.357. The fraction of sp³-hybridized carbons (Fsp3) is 0.500. The Morgan fingerprint density at radius 2 is 1.90 bits per heavy atom.